The first kappa shape index (κ1) is 16.4. The van der Waals surface area contributed by atoms with E-state index in [2.05, 4.69) is 6.07 Å². The third-order valence-corrected chi connectivity index (χ3v) is 4.34. The first-order valence-corrected chi connectivity index (χ1v) is 7.57. The van der Waals surface area contributed by atoms with Crippen LogP contribution in [0.3, 0.4) is 0 Å². The SMILES string of the molecule is Cc1ccc(-c2cc(=O)c3cc(C)c(C)c(C#N)c3o2)cc1[N+](=O)[O-]. The Hall–Kier alpha value is -3.46. The minimum absolute atomic E-state index is 0.0548. The van der Waals surface area contributed by atoms with E-state index in [1.165, 1.54) is 12.1 Å². The zero-order valence-corrected chi connectivity index (χ0v) is 13.9. The molecule has 0 radical (unpaired) electrons. The molecule has 0 aliphatic heterocycles. The fourth-order valence-corrected chi connectivity index (χ4v) is 2.75. The van der Waals surface area contributed by atoms with Crippen molar-refractivity contribution in [3.8, 4) is 17.4 Å². The van der Waals surface area contributed by atoms with E-state index in [0.29, 0.717) is 22.1 Å². The Morgan fingerprint density at radius 3 is 2.48 bits per heavy atom. The molecule has 0 saturated heterocycles. The highest BCUT2D eigenvalue weighted by atomic mass is 16.6. The van der Waals surface area contributed by atoms with E-state index in [1.807, 2.05) is 6.92 Å². The Morgan fingerprint density at radius 1 is 1.12 bits per heavy atom. The van der Waals surface area contributed by atoms with E-state index >= 15 is 0 Å². The van der Waals surface area contributed by atoms with Crippen LogP contribution in [-0.4, -0.2) is 4.92 Å². The van der Waals surface area contributed by atoms with Crippen molar-refractivity contribution in [3.63, 3.8) is 0 Å². The number of benzene rings is 2. The molecule has 1 aromatic heterocycles. The molecule has 1 heterocycles. The van der Waals surface area contributed by atoms with E-state index in [1.54, 1.807) is 32.0 Å². The second-order valence-corrected chi connectivity index (χ2v) is 5.92. The van der Waals surface area contributed by atoms with E-state index in [4.69, 9.17) is 4.42 Å². The van der Waals surface area contributed by atoms with Gasteiger partial charge >= 0.3 is 0 Å². The summed E-state index contributed by atoms with van der Waals surface area (Å²) in [4.78, 5) is 23.1. The molecule has 0 bridgehead atoms. The van der Waals surface area contributed by atoms with Crippen LogP contribution in [0.25, 0.3) is 22.3 Å². The van der Waals surface area contributed by atoms with Crippen molar-refractivity contribution in [2.24, 2.45) is 0 Å². The molecule has 0 unspecified atom stereocenters. The molecule has 0 amide bonds. The average molecular weight is 334 g/mol. The molecule has 25 heavy (non-hydrogen) atoms. The van der Waals surface area contributed by atoms with Gasteiger partial charge in [-0.25, -0.2) is 0 Å². The van der Waals surface area contributed by atoms with Gasteiger partial charge in [-0.1, -0.05) is 12.1 Å². The van der Waals surface area contributed by atoms with Gasteiger partial charge in [0.1, 0.15) is 11.8 Å². The molecule has 0 N–H and O–H groups in total. The Labute approximate surface area is 143 Å². The summed E-state index contributed by atoms with van der Waals surface area (Å²) in [6.07, 6.45) is 0. The van der Waals surface area contributed by atoms with Crippen LogP contribution in [0.5, 0.6) is 0 Å². The minimum atomic E-state index is -0.480. The molecule has 0 spiro atoms. The number of nitriles is 1. The van der Waals surface area contributed by atoms with Crippen molar-refractivity contribution in [1.29, 1.82) is 5.26 Å². The van der Waals surface area contributed by atoms with E-state index in [9.17, 15) is 20.2 Å². The van der Waals surface area contributed by atoms with Crippen LogP contribution in [0.1, 0.15) is 22.3 Å². The van der Waals surface area contributed by atoms with Gasteiger partial charge in [0.2, 0.25) is 0 Å². The van der Waals surface area contributed by atoms with E-state index in [0.717, 1.165) is 11.1 Å². The number of hydrogen-bond donors (Lipinski definition) is 0. The molecule has 3 rings (SSSR count). The Kier molecular flexibility index (Phi) is 3.85. The highest BCUT2D eigenvalue weighted by Crippen LogP contribution is 2.30. The van der Waals surface area contributed by atoms with Gasteiger partial charge in [0, 0.05) is 23.3 Å². The maximum Gasteiger partial charge on any atom is 0.273 e. The Balaban J connectivity index is 2.35. The van der Waals surface area contributed by atoms with Crippen LogP contribution in [0.4, 0.5) is 5.69 Å². The quantitative estimate of drug-likeness (QED) is 0.517. The smallest absolute Gasteiger partial charge is 0.273 e. The lowest BCUT2D eigenvalue weighted by Gasteiger charge is -2.09. The van der Waals surface area contributed by atoms with Gasteiger partial charge in [-0.3, -0.25) is 14.9 Å². The lowest BCUT2D eigenvalue weighted by atomic mass is 9.99. The predicted octanol–water partition coefficient (Wildman–Crippen LogP) is 4.17. The van der Waals surface area contributed by atoms with Crippen molar-refractivity contribution < 1.29 is 9.34 Å². The van der Waals surface area contributed by atoms with Gasteiger partial charge in [0.25, 0.3) is 5.69 Å². The molecule has 6 heteroatoms. The predicted molar refractivity (Wildman–Crippen MR) is 93.5 cm³/mol. The van der Waals surface area contributed by atoms with Gasteiger partial charge in [-0.15, -0.1) is 0 Å². The van der Waals surface area contributed by atoms with Crippen LogP contribution in [0, 0.1) is 42.2 Å². The minimum Gasteiger partial charge on any atom is -0.454 e. The highest BCUT2D eigenvalue weighted by molar-refractivity contribution is 5.86. The zero-order valence-electron chi connectivity index (χ0n) is 13.9. The van der Waals surface area contributed by atoms with Crippen molar-refractivity contribution >= 4 is 16.7 Å². The van der Waals surface area contributed by atoms with E-state index in [-0.39, 0.29) is 22.5 Å². The van der Waals surface area contributed by atoms with Crippen LogP contribution in [-0.2, 0) is 0 Å². The zero-order chi connectivity index (χ0) is 18.3. The van der Waals surface area contributed by atoms with Crippen molar-refractivity contribution in [1.82, 2.24) is 0 Å². The highest BCUT2D eigenvalue weighted by Gasteiger charge is 2.17. The Morgan fingerprint density at radius 2 is 1.84 bits per heavy atom. The molecular formula is C19H14N2O4. The number of nitro groups is 1. The maximum atomic E-state index is 12.5. The number of rotatable bonds is 2. The number of nitrogens with zero attached hydrogens (tertiary/aromatic N) is 2. The molecule has 3 aromatic rings. The second kappa shape index (κ2) is 5.87. The number of fused-ring (bicyclic) bond motifs is 1. The van der Waals surface area contributed by atoms with Crippen LogP contribution in [0.15, 0.2) is 39.5 Å². The fourth-order valence-electron chi connectivity index (χ4n) is 2.75. The molecule has 6 nitrogen and oxygen atoms in total. The molecule has 0 fully saturated rings. The summed E-state index contributed by atoms with van der Waals surface area (Å²) < 4.78 is 5.82. The maximum absolute atomic E-state index is 12.5. The summed E-state index contributed by atoms with van der Waals surface area (Å²) in [5.41, 5.74) is 2.66. The average Bonchev–Trinajstić information content (AvgIpc) is 2.57. The third-order valence-electron chi connectivity index (χ3n) is 4.34. The van der Waals surface area contributed by atoms with Crippen molar-refractivity contribution in [2.45, 2.75) is 20.8 Å². The third kappa shape index (κ3) is 2.66. The molecule has 0 saturated carbocycles. The summed E-state index contributed by atoms with van der Waals surface area (Å²) in [5.74, 6) is 0.195. The molecule has 124 valence electrons. The Bertz CT molecular complexity index is 1140. The summed E-state index contributed by atoms with van der Waals surface area (Å²) >= 11 is 0. The molecule has 0 aliphatic carbocycles. The standard InChI is InChI=1S/C19H14N2O4/c1-10-4-5-13(7-16(10)21(23)24)18-8-17(22)14-6-11(2)12(3)15(9-20)19(14)25-18/h4-8H,1-3H3. The van der Waals surface area contributed by atoms with E-state index < -0.39 is 4.92 Å². The summed E-state index contributed by atoms with van der Waals surface area (Å²) in [7, 11) is 0. The normalized spacial score (nSPS) is 10.6. The van der Waals surface area contributed by atoms with Gasteiger partial charge in [-0.2, -0.15) is 5.26 Å². The molecule has 0 aliphatic rings. The number of hydrogen-bond acceptors (Lipinski definition) is 5. The summed E-state index contributed by atoms with van der Waals surface area (Å²) in [6.45, 7) is 5.25. The van der Waals surface area contributed by atoms with Crippen molar-refractivity contribution in [2.75, 3.05) is 0 Å². The topological polar surface area (TPSA) is 97.1 Å². The lowest BCUT2D eigenvalue weighted by molar-refractivity contribution is -0.385. The first-order chi connectivity index (χ1) is 11.8. The van der Waals surface area contributed by atoms with Crippen molar-refractivity contribution in [3.05, 3.63) is 72.9 Å². The fraction of sp³-hybridized carbons (Fsp3) is 0.158. The number of nitro benzene ring substituents is 1. The lowest BCUT2D eigenvalue weighted by Crippen LogP contribution is -2.04. The summed E-state index contributed by atoms with van der Waals surface area (Å²) in [6, 6.07) is 9.69. The summed E-state index contributed by atoms with van der Waals surface area (Å²) in [5, 5.41) is 20.9. The van der Waals surface area contributed by atoms with Crippen LogP contribution < -0.4 is 5.43 Å². The van der Waals surface area contributed by atoms with Crippen LogP contribution in [0.2, 0.25) is 0 Å². The van der Waals surface area contributed by atoms with Gasteiger partial charge in [0.05, 0.1) is 15.9 Å². The van der Waals surface area contributed by atoms with Gasteiger partial charge in [0.15, 0.2) is 11.0 Å². The molecular weight excluding hydrogens is 320 g/mol. The molecule has 0 atom stereocenters. The second-order valence-electron chi connectivity index (χ2n) is 5.92. The largest absolute Gasteiger partial charge is 0.454 e. The van der Waals surface area contributed by atoms with Gasteiger partial charge < -0.3 is 4.42 Å². The van der Waals surface area contributed by atoms with Gasteiger partial charge in [-0.05, 0) is 38.0 Å². The monoisotopic (exact) mass is 334 g/mol. The first-order valence-electron chi connectivity index (χ1n) is 7.57. The number of aryl methyl sites for hydroxylation is 2. The van der Waals surface area contributed by atoms with Crippen LogP contribution >= 0.6 is 0 Å². The molecule has 2 aromatic carbocycles.